The van der Waals surface area contributed by atoms with E-state index in [2.05, 4.69) is 6.07 Å². The second kappa shape index (κ2) is 5.74. The molecule has 1 heterocycles. The Labute approximate surface area is 131 Å². The van der Waals surface area contributed by atoms with Crippen LogP contribution in [0.5, 0.6) is 0 Å². The molecule has 2 aromatic rings. The minimum Gasteiger partial charge on any atom is -0.459 e. The summed E-state index contributed by atoms with van der Waals surface area (Å²) < 4.78 is 6.07. The number of fused-ring (bicyclic) bond motifs is 1. The number of esters is 1. The molecule has 0 aliphatic heterocycles. The molecule has 0 saturated heterocycles. The topological polar surface area (TPSA) is 67.2 Å². The Hall–Kier alpha value is -2.45. The molecule has 0 unspecified atom stereocenters. The maximum atomic E-state index is 12.1. The normalized spacial score (nSPS) is 14.6. The van der Waals surface area contributed by atoms with Gasteiger partial charge in [-0.15, -0.1) is 11.3 Å². The third kappa shape index (κ3) is 2.78. The van der Waals surface area contributed by atoms with Crippen molar-refractivity contribution in [2.24, 2.45) is 0 Å². The van der Waals surface area contributed by atoms with Crippen LogP contribution in [0.4, 0.5) is 0 Å². The van der Waals surface area contributed by atoms with Crippen LogP contribution in [0.15, 0.2) is 29.2 Å². The van der Waals surface area contributed by atoms with Crippen molar-refractivity contribution >= 4 is 39.3 Å². The number of thiophene rings is 1. The van der Waals surface area contributed by atoms with Crippen LogP contribution in [0.1, 0.15) is 30.9 Å². The van der Waals surface area contributed by atoms with E-state index in [-0.39, 0.29) is 17.5 Å². The first kappa shape index (κ1) is 14.5. The van der Waals surface area contributed by atoms with Crippen LogP contribution in [0, 0.1) is 11.3 Å². The first-order chi connectivity index (χ1) is 10.6. The number of hydrogen-bond acceptors (Lipinski definition) is 5. The van der Waals surface area contributed by atoms with Gasteiger partial charge in [0, 0.05) is 5.39 Å². The van der Waals surface area contributed by atoms with Gasteiger partial charge in [-0.25, -0.2) is 4.79 Å². The second-order valence-electron chi connectivity index (χ2n) is 5.20. The van der Waals surface area contributed by atoms with Gasteiger partial charge in [0.1, 0.15) is 17.7 Å². The van der Waals surface area contributed by atoms with Gasteiger partial charge in [-0.3, -0.25) is 4.79 Å². The number of nitriles is 1. The molecular weight excluding hydrogens is 298 g/mol. The quantitative estimate of drug-likeness (QED) is 0.375. The molecule has 22 heavy (non-hydrogen) atoms. The highest BCUT2D eigenvalue weighted by Crippen LogP contribution is 2.31. The van der Waals surface area contributed by atoms with Gasteiger partial charge in [-0.05, 0) is 42.9 Å². The monoisotopic (exact) mass is 311 g/mol. The Morgan fingerprint density at radius 2 is 2.18 bits per heavy atom. The first-order valence-corrected chi connectivity index (χ1v) is 7.82. The summed E-state index contributed by atoms with van der Waals surface area (Å²) in [5.74, 6) is -0.882. The lowest BCUT2D eigenvalue weighted by atomic mass is 10.1. The molecule has 1 aliphatic carbocycles. The molecule has 1 aliphatic rings. The van der Waals surface area contributed by atoms with Gasteiger partial charge in [0.2, 0.25) is 0 Å². The number of nitrogens with zero attached hydrogens (tertiary/aromatic N) is 1. The highest BCUT2D eigenvalue weighted by atomic mass is 32.1. The number of carbonyl (C=O) groups excluding carboxylic acids is 2. The van der Waals surface area contributed by atoms with Crippen molar-refractivity contribution in [1.29, 1.82) is 5.26 Å². The van der Waals surface area contributed by atoms with Crippen molar-refractivity contribution in [1.82, 2.24) is 0 Å². The molecule has 5 heteroatoms. The summed E-state index contributed by atoms with van der Waals surface area (Å²) in [6, 6.07) is 7.57. The number of carbonyl (C=O) groups is 2. The molecule has 1 fully saturated rings. The van der Waals surface area contributed by atoms with Crippen molar-refractivity contribution in [2.75, 3.05) is 0 Å². The van der Waals surface area contributed by atoms with Crippen LogP contribution in [-0.2, 0) is 14.3 Å². The van der Waals surface area contributed by atoms with Crippen molar-refractivity contribution in [2.45, 2.75) is 25.9 Å². The Morgan fingerprint density at radius 1 is 1.41 bits per heavy atom. The zero-order valence-corrected chi connectivity index (χ0v) is 12.8. The SMILES string of the molecule is CC(=O)/C(=C\c1csc2c(C#N)cccc12)C(=O)OC1CC1. The molecule has 110 valence electrons. The van der Waals surface area contributed by atoms with Crippen molar-refractivity contribution in [3.05, 3.63) is 40.3 Å². The predicted molar refractivity (Wildman–Crippen MR) is 84.3 cm³/mol. The van der Waals surface area contributed by atoms with Crippen LogP contribution in [0.3, 0.4) is 0 Å². The van der Waals surface area contributed by atoms with Crippen molar-refractivity contribution in [3.63, 3.8) is 0 Å². The van der Waals surface area contributed by atoms with E-state index in [4.69, 9.17) is 10.00 Å². The molecule has 1 aromatic heterocycles. The van der Waals surface area contributed by atoms with E-state index in [0.717, 1.165) is 28.5 Å². The van der Waals surface area contributed by atoms with Crippen LogP contribution in [0.25, 0.3) is 16.2 Å². The van der Waals surface area contributed by atoms with Crippen molar-refractivity contribution < 1.29 is 14.3 Å². The second-order valence-corrected chi connectivity index (χ2v) is 6.08. The lowest BCUT2D eigenvalue weighted by Gasteiger charge is -2.04. The van der Waals surface area contributed by atoms with Crippen LogP contribution in [0.2, 0.25) is 0 Å². The Kier molecular flexibility index (Phi) is 3.78. The largest absolute Gasteiger partial charge is 0.459 e. The molecule has 1 saturated carbocycles. The molecule has 0 bridgehead atoms. The summed E-state index contributed by atoms with van der Waals surface area (Å²) in [5.41, 5.74) is 1.40. The molecule has 0 atom stereocenters. The fourth-order valence-corrected chi connectivity index (χ4v) is 3.13. The third-order valence-electron chi connectivity index (χ3n) is 3.45. The van der Waals surface area contributed by atoms with Gasteiger partial charge in [0.15, 0.2) is 5.78 Å². The number of hydrogen-bond donors (Lipinski definition) is 0. The van der Waals surface area contributed by atoms with Gasteiger partial charge < -0.3 is 4.74 Å². The Balaban J connectivity index is 2.03. The van der Waals surface area contributed by atoms with E-state index in [1.54, 1.807) is 18.2 Å². The average Bonchev–Trinajstić information content (AvgIpc) is 3.21. The third-order valence-corrected chi connectivity index (χ3v) is 4.49. The van der Waals surface area contributed by atoms with E-state index in [1.807, 2.05) is 11.4 Å². The lowest BCUT2D eigenvalue weighted by molar-refractivity contribution is -0.141. The van der Waals surface area contributed by atoms with Gasteiger partial charge in [-0.2, -0.15) is 5.26 Å². The van der Waals surface area contributed by atoms with Gasteiger partial charge in [0.25, 0.3) is 0 Å². The van der Waals surface area contributed by atoms with E-state index in [9.17, 15) is 9.59 Å². The zero-order chi connectivity index (χ0) is 15.7. The molecular formula is C17H13NO3S. The van der Waals surface area contributed by atoms with Crippen LogP contribution >= 0.6 is 11.3 Å². The highest BCUT2D eigenvalue weighted by Gasteiger charge is 2.28. The summed E-state index contributed by atoms with van der Waals surface area (Å²) in [7, 11) is 0. The highest BCUT2D eigenvalue weighted by molar-refractivity contribution is 7.17. The molecule has 3 rings (SSSR count). The Bertz CT molecular complexity index is 837. The zero-order valence-electron chi connectivity index (χ0n) is 12.0. The average molecular weight is 311 g/mol. The maximum Gasteiger partial charge on any atom is 0.342 e. The maximum absolute atomic E-state index is 12.1. The Morgan fingerprint density at radius 3 is 2.82 bits per heavy atom. The van der Waals surface area contributed by atoms with Crippen molar-refractivity contribution in [3.8, 4) is 6.07 Å². The molecule has 0 N–H and O–H groups in total. The van der Waals surface area contributed by atoms with Gasteiger partial charge in [-0.1, -0.05) is 12.1 Å². The van der Waals surface area contributed by atoms with Gasteiger partial charge in [0.05, 0.1) is 10.3 Å². The molecule has 1 aromatic carbocycles. The molecule has 0 radical (unpaired) electrons. The number of ether oxygens (including phenoxy) is 1. The summed E-state index contributed by atoms with van der Waals surface area (Å²) in [5, 5.41) is 11.8. The smallest absolute Gasteiger partial charge is 0.342 e. The summed E-state index contributed by atoms with van der Waals surface area (Å²) >= 11 is 1.43. The first-order valence-electron chi connectivity index (χ1n) is 6.94. The molecule has 0 spiro atoms. The van der Waals surface area contributed by atoms with E-state index in [1.165, 1.54) is 18.3 Å². The number of ketones is 1. The standard InChI is InChI=1S/C17H13NO3S/c1-10(19)15(17(20)21-13-5-6-13)7-12-9-22-16-11(8-18)3-2-4-14(12)16/h2-4,7,9,13H,5-6H2,1H3/b15-7+. The number of benzene rings is 1. The number of rotatable bonds is 4. The lowest BCUT2D eigenvalue weighted by Crippen LogP contribution is -2.14. The fourth-order valence-electron chi connectivity index (χ4n) is 2.14. The fraction of sp³-hybridized carbons (Fsp3) is 0.235. The van der Waals surface area contributed by atoms with Gasteiger partial charge >= 0.3 is 5.97 Å². The molecule has 4 nitrogen and oxygen atoms in total. The van der Waals surface area contributed by atoms with E-state index in [0.29, 0.717) is 5.56 Å². The summed E-state index contributed by atoms with van der Waals surface area (Å²) in [6.07, 6.45) is 3.25. The minimum atomic E-state index is -0.564. The van der Waals surface area contributed by atoms with Crippen LogP contribution < -0.4 is 0 Å². The molecule has 0 amide bonds. The van der Waals surface area contributed by atoms with Crippen LogP contribution in [-0.4, -0.2) is 17.9 Å². The predicted octanol–water partition coefficient (Wildman–Crippen LogP) is 3.45. The number of Topliss-reactive ketones (excluding diaryl/α,β-unsaturated/α-hetero) is 1. The summed E-state index contributed by atoms with van der Waals surface area (Å²) in [4.78, 5) is 23.8. The minimum absolute atomic E-state index is 0.0420. The van der Waals surface area contributed by atoms with E-state index < -0.39 is 5.97 Å². The summed E-state index contributed by atoms with van der Waals surface area (Å²) in [6.45, 7) is 1.36. The van der Waals surface area contributed by atoms with E-state index >= 15 is 0 Å².